The smallest absolute Gasteiger partial charge is 0.108 e. The van der Waals surface area contributed by atoms with E-state index in [0.717, 1.165) is 25.1 Å². The van der Waals surface area contributed by atoms with Gasteiger partial charge in [0.1, 0.15) is 5.82 Å². The van der Waals surface area contributed by atoms with Gasteiger partial charge in [0.15, 0.2) is 0 Å². The number of aromatic nitrogens is 2. The Bertz CT molecular complexity index is 464. The zero-order valence-electron chi connectivity index (χ0n) is 10.8. The fourth-order valence-electron chi connectivity index (χ4n) is 2.18. The second-order valence-electron chi connectivity index (χ2n) is 4.73. The summed E-state index contributed by atoms with van der Waals surface area (Å²) >= 11 is 0. The molecule has 0 aliphatic heterocycles. The van der Waals surface area contributed by atoms with Crippen LogP contribution in [0.25, 0.3) is 0 Å². The molecule has 1 heterocycles. The molecule has 0 spiro atoms. The minimum atomic E-state index is 0.235. The average molecular weight is 244 g/mol. The Hall–Kier alpha value is -1.61. The molecular formula is C15H20N2O. The molecule has 3 heteroatoms. The van der Waals surface area contributed by atoms with Crippen molar-refractivity contribution >= 4 is 0 Å². The van der Waals surface area contributed by atoms with Gasteiger partial charge in [-0.3, -0.25) is 0 Å². The molecule has 1 unspecified atom stereocenters. The Balaban J connectivity index is 1.88. The molecule has 0 fully saturated rings. The molecule has 0 radical (unpaired) electrons. The maximum absolute atomic E-state index is 9.46. The number of hydrogen-bond acceptors (Lipinski definition) is 2. The number of aliphatic hydroxyl groups excluding tert-OH is 1. The lowest BCUT2D eigenvalue weighted by Crippen LogP contribution is -2.12. The SMILES string of the molecule is Cn1ccnc1CCC(CO)Cc1ccccc1. The van der Waals surface area contributed by atoms with Gasteiger partial charge in [-0.25, -0.2) is 4.98 Å². The van der Waals surface area contributed by atoms with Gasteiger partial charge in [-0.05, 0) is 24.3 Å². The first-order chi connectivity index (χ1) is 8.79. The number of nitrogens with zero attached hydrogens (tertiary/aromatic N) is 2. The van der Waals surface area contributed by atoms with E-state index in [2.05, 4.69) is 17.1 Å². The Morgan fingerprint density at radius 3 is 2.67 bits per heavy atom. The third-order valence-corrected chi connectivity index (χ3v) is 3.32. The highest BCUT2D eigenvalue weighted by Gasteiger charge is 2.10. The van der Waals surface area contributed by atoms with Gasteiger partial charge in [0, 0.05) is 32.5 Å². The summed E-state index contributed by atoms with van der Waals surface area (Å²) in [6, 6.07) is 10.3. The first-order valence-corrected chi connectivity index (χ1v) is 6.40. The molecule has 0 aliphatic rings. The summed E-state index contributed by atoms with van der Waals surface area (Å²) < 4.78 is 2.04. The van der Waals surface area contributed by atoms with Gasteiger partial charge in [-0.2, -0.15) is 0 Å². The Morgan fingerprint density at radius 1 is 1.28 bits per heavy atom. The fourth-order valence-corrected chi connectivity index (χ4v) is 2.18. The van der Waals surface area contributed by atoms with Crippen LogP contribution < -0.4 is 0 Å². The molecule has 96 valence electrons. The molecular weight excluding hydrogens is 224 g/mol. The molecule has 1 atom stereocenters. The van der Waals surface area contributed by atoms with Crippen molar-refractivity contribution in [1.29, 1.82) is 0 Å². The molecule has 0 bridgehead atoms. The van der Waals surface area contributed by atoms with Crippen molar-refractivity contribution in [3.05, 3.63) is 54.1 Å². The van der Waals surface area contributed by atoms with Crippen molar-refractivity contribution in [2.24, 2.45) is 13.0 Å². The van der Waals surface area contributed by atoms with E-state index in [1.165, 1.54) is 5.56 Å². The van der Waals surface area contributed by atoms with Crippen LogP contribution in [-0.2, 0) is 19.9 Å². The Kier molecular flexibility index (Phi) is 4.53. The lowest BCUT2D eigenvalue weighted by Gasteiger charge is -2.14. The highest BCUT2D eigenvalue weighted by molar-refractivity contribution is 5.15. The molecule has 2 aromatic rings. The number of rotatable bonds is 6. The number of benzene rings is 1. The Morgan fingerprint density at radius 2 is 2.06 bits per heavy atom. The van der Waals surface area contributed by atoms with Gasteiger partial charge >= 0.3 is 0 Å². The highest BCUT2D eigenvalue weighted by atomic mass is 16.3. The van der Waals surface area contributed by atoms with E-state index >= 15 is 0 Å². The van der Waals surface area contributed by atoms with Crippen LogP contribution in [0.4, 0.5) is 0 Å². The van der Waals surface area contributed by atoms with Crippen LogP contribution in [0.3, 0.4) is 0 Å². The molecule has 0 saturated heterocycles. The van der Waals surface area contributed by atoms with E-state index in [-0.39, 0.29) is 6.61 Å². The van der Waals surface area contributed by atoms with Crippen molar-refractivity contribution in [3.8, 4) is 0 Å². The van der Waals surface area contributed by atoms with Crippen LogP contribution in [0.5, 0.6) is 0 Å². The average Bonchev–Trinajstić information content (AvgIpc) is 2.81. The van der Waals surface area contributed by atoms with Crippen molar-refractivity contribution in [1.82, 2.24) is 9.55 Å². The van der Waals surface area contributed by atoms with E-state index in [0.29, 0.717) is 5.92 Å². The molecule has 0 aliphatic carbocycles. The summed E-state index contributed by atoms with van der Waals surface area (Å²) in [7, 11) is 2.01. The molecule has 1 aromatic heterocycles. The predicted octanol–water partition coefficient (Wildman–Crippen LogP) is 2.20. The number of aliphatic hydroxyl groups is 1. The molecule has 1 N–H and O–H groups in total. The zero-order chi connectivity index (χ0) is 12.8. The summed E-state index contributed by atoms with van der Waals surface area (Å²) in [5, 5.41) is 9.46. The summed E-state index contributed by atoms with van der Waals surface area (Å²) in [5.41, 5.74) is 1.29. The molecule has 0 saturated carbocycles. The van der Waals surface area contributed by atoms with Crippen LogP contribution in [0, 0.1) is 5.92 Å². The normalized spacial score (nSPS) is 12.6. The van der Waals surface area contributed by atoms with E-state index < -0.39 is 0 Å². The van der Waals surface area contributed by atoms with Crippen molar-refractivity contribution < 1.29 is 5.11 Å². The summed E-state index contributed by atoms with van der Waals surface area (Å²) in [4.78, 5) is 4.31. The Labute approximate surface area is 108 Å². The van der Waals surface area contributed by atoms with Gasteiger partial charge < -0.3 is 9.67 Å². The van der Waals surface area contributed by atoms with Crippen molar-refractivity contribution in [3.63, 3.8) is 0 Å². The number of aryl methyl sites for hydroxylation is 2. The molecule has 0 amide bonds. The third-order valence-electron chi connectivity index (χ3n) is 3.32. The maximum atomic E-state index is 9.46. The van der Waals surface area contributed by atoms with E-state index in [1.54, 1.807) is 0 Å². The maximum Gasteiger partial charge on any atom is 0.108 e. The van der Waals surface area contributed by atoms with Crippen LogP contribution in [0.2, 0.25) is 0 Å². The fraction of sp³-hybridized carbons (Fsp3) is 0.400. The minimum absolute atomic E-state index is 0.235. The van der Waals surface area contributed by atoms with Crippen LogP contribution in [0.1, 0.15) is 17.8 Å². The van der Waals surface area contributed by atoms with Gasteiger partial charge in [0.05, 0.1) is 0 Å². The largest absolute Gasteiger partial charge is 0.396 e. The van der Waals surface area contributed by atoms with Gasteiger partial charge in [-0.1, -0.05) is 30.3 Å². The number of hydrogen-bond donors (Lipinski definition) is 1. The van der Waals surface area contributed by atoms with E-state index in [9.17, 15) is 5.11 Å². The standard InChI is InChI=1S/C15H20N2O/c1-17-10-9-16-15(17)8-7-14(12-18)11-13-5-3-2-4-6-13/h2-6,9-10,14,18H,7-8,11-12H2,1H3. The highest BCUT2D eigenvalue weighted by Crippen LogP contribution is 2.14. The van der Waals surface area contributed by atoms with Crippen LogP contribution >= 0.6 is 0 Å². The lowest BCUT2D eigenvalue weighted by molar-refractivity contribution is 0.217. The van der Waals surface area contributed by atoms with E-state index in [4.69, 9.17) is 0 Å². The molecule has 2 rings (SSSR count). The van der Waals surface area contributed by atoms with Gasteiger partial charge in [-0.15, -0.1) is 0 Å². The van der Waals surface area contributed by atoms with Gasteiger partial charge in [0.25, 0.3) is 0 Å². The minimum Gasteiger partial charge on any atom is -0.396 e. The molecule has 18 heavy (non-hydrogen) atoms. The number of imidazole rings is 1. The topological polar surface area (TPSA) is 38.0 Å². The molecule has 3 nitrogen and oxygen atoms in total. The van der Waals surface area contributed by atoms with Crippen molar-refractivity contribution in [2.45, 2.75) is 19.3 Å². The predicted molar refractivity (Wildman–Crippen MR) is 72.3 cm³/mol. The zero-order valence-corrected chi connectivity index (χ0v) is 10.8. The van der Waals surface area contributed by atoms with Crippen LogP contribution in [-0.4, -0.2) is 21.3 Å². The first kappa shape index (κ1) is 12.8. The summed E-state index contributed by atoms with van der Waals surface area (Å²) in [6.45, 7) is 0.235. The molecule has 1 aromatic carbocycles. The monoisotopic (exact) mass is 244 g/mol. The van der Waals surface area contributed by atoms with E-state index in [1.807, 2.05) is 42.2 Å². The first-order valence-electron chi connectivity index (χ1n) is 6.40. The quantitative estimate of drug-likeness (QED) is 0.846. The summed E-state index contributed by atoms with van der Waals surface area (Å²) in [6.07, 6.45) is 6.60. The van der Waals surface area contributed by atoms with Gasteiger partial charge in [0.2, 0.25) is 0 Å². The van der Waals surface area contributed by atoms with Crippen molar-refractivity contribution in [2.75, 3.05) is 6.61 Å². The third kappa shape index (κ3) is 3.44. The van der Waals surface area contributed by atoms with Crippen LogP contribution in [0.15, 0.2) is 42.7 Å². The lowest BCUT2D eigenvalue weighted by atomic mass is 9.95. The summed E-state index contributed by atoms with van der Waals surface area (Å²) in [5.74, 6) is 1.39. The second-order valence-corrected chi connectivity index (χ2v) is 4.73. The second kappa shape index (κ2) is 6.36.